The van der Waals surface area contributed by atoms with Crippen LogP contribution in [-0.4, -0.2) is 28.5 Å². The van der Waals surface area contributed by atoms with Crippen molar-refractivity contribution in [3.8, 4) is 5.75 Å². The van der Waals surface area contributed by atoms with Crippen molar-refractivity contribution in [2.45, 2.75) is 31.8 Å². The lowest BCUT2D eigenvalue weighted by Crippen LogP contribution is -2.43. The van der Waals surface area contributed by atoms with Crippen LogP contribution in [0.25, 0.3) is 0 Å². The molecule has 6 heteroatoms. The zero-order valence-electron chi connectivity index (χ0n) is 10.0. The molecule has 0 amide bonds. The number of hydrogen-bond acceptors (Lipinski definition) is 3. The van der Waals surface area contributed by atoms with E-state index in [4.69, 9.17) is 4.74 Å². The molecule has 0 bridgehead atoms. The summed E-state index contributed by atoms with van der Waals surface area (Å²) < 4.78 is 32.6. The molecule has 0 atom stereocenters. The van der Waals surface area contributed by atoms with Crippen molar-refractivity contribution in [1.82, 2.24) is 15.1 Å². The average Bonchev–Trinajstić information content (AvgIpc) is 2.59. The van der Waals surface area contributed by atoms with E-state index in [0.717, 1.165) is 25.9 Å². The van der Waals surface area contributed by atoms with E-state index in [1.54, 1.807) is 7.05 Å². The molecule has 0 aliphatic carbocycles. The van der Waals surface area contributed by atoms with E-state index in [2.05, 4.69) is 10.4 Å². The Morgan fingerprint density at radius 1 is 1.47 bits per heavy atom. The lowest BCUT2D eigenvalue weighted by Gasteiger charge is -2.34. The topological polar surface area (TPSA) is 39.1 Å². The van der Waals surface area contributed by atoms with Gasteiger partial charge in [0.05, 0.1) is 6.20 Å². The Hall–Kier alpha value is -1.17. The zero-order chi connectivity index (χ0) is 12.5. The normalized spacial score (nSPS) is 19.6. The maximum atomic E-state index is 12.8. The van der Waals surface area contributed by atoms with Gasteiger partial charge in [-0.05, 0) is 32.9 Å². The second-order valence-corrected chi connectivity index (χ2v) is 4.65. The van der Waals surface area contributed by atoms with E-state index in [9.17, 15) is 8.78 Å². The SMILES string of the molecule is Cn1cc(OC2(C)CCNCC2)c(C(F)F)n1. The first-order valence-corrected chi connectivity index (χ1v) is 5.72. The van der Waals surface area contributed by atoms with Crippen molar-refractivity contribution in [1.29, 1.82) is 0 Å². The Bertz CT molecular complexity index is 386. The lowest BCUT2D eigenvalue weighted by molar-refractivity contribution is 0.0488. The fourth-order valence-electron chi connectivity index (χ4n) is 2.04. The minimum atomic E-state index is -2.60. The summed E-state index contributed by atoms with van der Waals surface area (Å²) in [6.45, 7) is 3.65. The number of nitrogens with one attached hydrogen (secondary N) is 1. The number of nitrogens with zero attached hydrogens (tertiary/aromatic N) is 2. The van der Waals surface area contributed by atoms with Crippen LogP contribution in [-0.2, 0) is 7.05 Å². The highest BCUT2D eigenvalue weighted by atomic mass is 19.3. The van der Waals surface area contributed by atoms with Gasteiger partial charge in [-0.2, -0.15) is 5.10 Å². The van der Waals surface area contributed by atoms with Crippen molar-refractivity contribution in [3.05, 3.63) is 11.9 Å². The van der Waals surface area contributed by atoms with Crippen molar-refractivity contribution < 1.29 is 13.5 Å². The maximum absolute atomic E-state index is 12.8. The maximum Gasteiger partial charge on any atom is 0.285 e. The number of rotatable bonds is 3. The van der Waals surface area contributed by atoms with Gasteiger partial charge in [0.25, 0.3) is 6.43 Å². The van der Waals surface area contributed by atoms with Gasteiger partial charge < -0.3 is 10.1 Å². The quantitative estimate of drug-likeness (QED) is 0.883. The van der Waals surface area contributed by atoms with Crippen molar-refractivity contribution >= 4 is 0 Å². The lowest BCUT2D eigenvalue weighted by atomic mass is 9.94. The van der Waals surface area contributed by atoms with Crippen LogP contribution in [0.15, 0.2) is 6.20 Å². The first kappa shape index (κ1) is 12.3. The molecule has 0 radical (unpaired) electrons. The molecule has 1 fully saturated rings. The first-order chi connectivity index (χ1) is 8.00. The Kier molecular flexibility index (Phi) is 3.33. The van der Waals surface area contributed by atoms with E-state index in [-0.39, 0.29) is 17.0 Å². The molecule has 1 aromatic heterocycles. The molecule has 1 aromatic rings. The molecular weight excluding hydrogens is 228 g/mol. The third-order valence-electron chi connectivity index (χ3n) is 3.05. The van der Waals surface area contributed by atoms with Gasteiger partial charge in [0.2, 0.25) is 0 Å². The molecule has 2 heterocycles. The van der Waals surface area contributed by atoms with Crippen molar-refractivity contribution in [2.24, 2.45) is 7.05 Å². The van der Waals surface area contributed by atoms with Gasteiger partial charge >= 0.3 is 0 Å². The van der Waals surface area contributed by atoms with E-state index in [1.807, 2.05) is 6.92 Å². The van der Waals surface area contributed by atoms with Crippen LogP contribution < -0.4 is 10.1 Å². The predicted molar refractivity (Wildman–Crippen MR) is 59.3 cm³/mol. The molecule has 2 rings (SSSR count). The number of ether oxygens (including phenoxy) is 1. The molecule has 1 saturated heterocycles. The van der Waals surface area contributed by atoms with E-state index in [0.29, 0.717) is 0 Å². The van der Waals surface area contributed by atoms with E-state index < -0.39 is 6.43 Å². The molecule has 0 unspecified atom stereocenters. The molecule has 1 N–H and O–H groups in total. The van der Waals surface area contributed by atoms with Crippen molar-refractivity contribution in [3.63, 3.8) is 0 Å². The molecule has 0 aromatic carbocycles. The van der Waals surface area contributed by atoms with E-state index >= 15 is 0 Å². The number of aryl methyl sites for hydroxylation is 1. The molecule has 1 aliphatic rings. The molecule has 1 aliphatic heterocycles. The predicted octanol–water partition coefficient (Wildman–Crippen LogP) is 1.88. The summed E-state index contributed by atoms with van der Waals surface area (Å²) in [5.74, 6) is 0.201. The van der Waals surface area contributed by atoms with Crippen LogP contribution in [0.1, 0.15) is 31.9 Å². The standard InChI is InChI=1S/C11H17F2N3O/c1-11(3-5-14-6-4-11)17-8-7-16(2)15-9(8)10(12)13/h7,10,14H,3-6H2,1-2H3. The number of hydrogen-bond donors (Lipinski definition) is 1. The minimum Gasteiger partial charge on any atom is -0.484 e. The largest absolute Gasteiger partial charge is 0.484 e. The van der Waals surface area contributed by atoms with Gasteiger partial charge in [0.1, 0.15) is 5.60 Å². The minimum absolute atomic E-state index is 0.201. The number of halogens is 2. The summed E-state index contributed by atoms with van der Waals surface area (Å²) in [6, 6.07) is 0. The van der Waals surface area contributed by atoms with Crippen LogP contribution in [0.4, 0.5) is 8.78 Å². The summed E-state index contributed by atoms with van der Waals surface area (Å²) in [4.78, 5) is 0. The van der Waals surface area contributed by atoms with Gasteiger partial charge in [-0.1, -0.05) is 0 Å². The summed E-state index contributed by atoms with van der Waals surface area (Å²) in [5, 5.41) is 6.95. The molecule has 4 nitrogen and oxygen atoms in total. The molecule has 0 spiro atoms. The monoisotopic (exact) mass is 245 g/mol. The average molecular weight is 245 g/mol. The zero-order valence-corrected chi connectivity index (χ0v) is 10.0. The molecular formula is C11H17F2N3O. The smallest absolute Gasteiger partial charge is 0.285 e. The van der Waals surface area contributed by atoms with Gasteiger partial charge in [-0.15, -0.1) is 0 Å². The Labute approximate surface area is 98.9 Å². The summed E-state index contributed by atoms with van der Waals surface area (Å²) >= 11 is 0. The Balaban J connectivity index is 2.17. The number of aromatic nitrogens is 2. The first-order valence-electron chi connectivity index (χ1n) is 5.72. The molecule has 96 valence electrons. The summed E-state index contributed by atoms with van der Waals surface area (Å²) in [7, 11) is 1.61. The number of piperidine rings is 1. The highest BCUT2D eigenvalue weighted by molar-refractivity contribution is 5.26. The Morgan fingerprint density at radius 2 is 2.12 bits per heavy atom. The van der Waals surface area contributed by atoms with Crippen LogP contribution in [0.2, 0.25) is 0 Å². The second kappa shape index (κ2) is 4.60. The second-order valence-electron chi connectivity index (χ2n) is 4.65. The molecule has 17 heavy (non-hydrogen) atoms. The summed E-state index contributed by atoms with van der Waals surface area (Å²) in [6.07, 6.45) is 0.528. The van der Waals surface area contributed by atoms with Gasteiger partial charge in [0, 0.05) is 7.05 Å². The van der Waals surface area contributed by atoms with E-state index in [1.165, 1.54) is 10.9 Å². The third-order valence-corrected chi connectivity index (χ3v) is 3.05. The van der Waals surface area contributed by atoms with Gasteiger partial charge in [-0.3, -0.25) is 4.68 Å². The highest BCUT2D eigenvalue weighted by Crippen LogP contribution is 2.32. The van der Waals surface area contributed by atoms with Crippen LogP contribution in [0.3, 0.4) is 0 Å². The van der Waals surface area contributed by atoms with Gasteiger partial charge in [-0.25, -0.2) is 8.78 Å². The van der Waals surface area contributed by atoms with Crippen molar-refractivity contribution in [2.75, 3.05) is 13.1 Å². The van der Waals surface area contributed by atoms with Crippen LogP contribution in [0.5, 0.6) is 5.75 Å². The molecule has 0 saturated carbocycles. The van der Waals surface area contributed by atoms with Gasteiger partial charge in [0.15, 0.2) is 11.4 Å². The summed E-state index contributed by atoms with van der Waals surface area (Å²) in [5.41, 5.74) is -0.648. The fraction of sp³-hybridized carbons (Fsp3) is 0.727. The number of alkyl halides is 2. The highest BCUT2D eigenvalue weighted by Gasteiger charge is 2.31. The van der Waals surface area contributed by atoms with Crippen LogP contribution in [0, 0.1) is 0 Å². The third kappa shape index (κ3) is 2.74. The Morgan fingerprint density at radius 3 is 2.71 bits per heavy atom. The fourth-order valence-corrected chi connectivity index (χ4v) is 2.04. The van der Waals surface area contributed by atoms with Crippen LogP contribution >= 0.6 is 0 Å².